The minimum Gasteiger partial charge on any atom is -0.377 e. The van der Waals surface area contributed by atoms with E-state index in [1.165, 1.54) is 19.3 Å². The summed E-state index contributed by atoms with van der Waals surface area (Å²) in [5, 5.41) is 0. The van der Waals surface area contributed by atoms with Crippen LogP contribution in [0, 0.1) is 17.3 Å². The van der Waals surface area contributed by atoms with Gasteiger partial charge in [-0.05, 0) is 30.6 Å². The Balaban J connectivity index is 1.94. The third-order valence-corrected chi connectivity index (χ3v) is 3.68. The second-order valence-electron chi connectivity index (χ2n) is 5.51. The first-order valence-corrected chi connectivity index (χ1v) is 5.19. The first-order chi connectivity index (χ1) is 5.57. The molecule has 2 fully saturated rings. The maximum absolute atomic E-state index is 5.56. The predicted octanol–water partition coefficient (Wildman–Crippen LogP) is 2.85. The van der Waals surface area contributed by atoms with Gasteiger partial charge in [-0.25, -0.2) is 0 Å². The molecule has 0 bridgehead atoms. The lowest BCUT2D eigenvalue weighted by Gasteiger charge is -2.47. The van der Waals surface area contributed by atoms with Crippen molar-refractivity contribution < 1.29 is 4.74 Å². The maximum atomic E-state index is 5.56. The molecule has 0 aromatic heterocycles. The van der Waals surface area contributed by atoms with Crippen LogP contribution in [0.2, 0.25) is 0 Å². The van der Waals surface area contributed by atoms with Gasteiger partial charge in [-0.3, -0.25) is 0 Å². The molecule has 1 heterocycles. The summed E-state index contributed by atoms with van der Waals surface area (Å²) in [5.74, 6) is 1.81. The second-order valence-corrected chi connectivity index (χ2v) is 5.51. The fourth-order valence-corrected chi connectivity index (χ4v) is 2.50. The van der Waals surface area contributed by atoms with E-state index in [4.69, 9.17) is 4.74 Å². The molecule has 1 aliphatic carbocycles. The molecule has 1 saturated heterocycles. The SMILES string of the molecule is CC(C)(C)C1CCC2COC2C1. The lowest BCUT2D eigenvalue weighted by atomic mass is 9.67. The van der Waals surface area contributed by atoms with E-state index in [1.807, 2.05) is 0 Å². The Morgan fingerprint density at radius 3 is 2.33 bits per heavy atom. The minimum absolute atomic E-state index is 0.490. The smallest absolute Gasteiger partial charge is 0.0628 e. The van der Waals surface area contributed by atoms with Crippen molar-refractivity contribution in [3.8, 4) is 0 Å². The molecule has 1 saturated carbocycles. The van der Waals surface area contributed by atoms with Crippen molar-refractivity contribution in [3.05, 3.63) is 0 Å². The molecule has 3 unspecified atom stereocenters. The van der Waals surface area contributed by atoms with Gasteiger partial charge >= 0.3 is 0 Å². The van der Waals surface area contributed by atoms with Crippen molar-refractivity contribution in [1.82, 2.24) is 0 Å². The van der Waals surface area contributed by atoms with E-state index in [2.05, 4.69) is 20.8 Å². The predicted molar refractivity (Wildman–Crippen MR) is 50.0 cm³/mol. The highest BCUT2D eigenvalue weighted by molar-refractivity contribution is 4.90. The van der Waals surface area contributed by atoms with Gasteiger partial charge in [0, 0.05) is 5.92 Å². The monoisotopic (exact) mass is 168 g/mol. The Kier molecular flexibility index (Phi) is 1.95. The van der Waals surface area contributed by atoms with Crippen molar-refractivity contribution in [2.75, 3.05) is 6.61 Å². The number of rotatable bonds is 0. The normalized spacial score (nSPS) is 41.8. The van der Waals surface area contributed by atoms with E-state index in [9.17, 15) is 0 Å². The highest BCUT2D eigenvalue weighted by Gasteiger charge is 2.41. The van der Waals surface area contributed by atoms with Gasteiger partial charge in [-0.1, -0.05) is 20.8 Å². The number of ether oxygens (including phenoxy) is 1. The molecule has 12 heavy (non-hydrogen) atoms. The van der Waals surface area contributed by atoms with Crippen LogP contribution in [0.4, 0.5) is 0 Å². The van der Waals surface area contributed by atoms with Gasteiger partial charge in [-0.2, -0.15) is 0 Å². The zero-order valence-electron chi connectivity index (χ0n) is 8.47. The molecule has 0 radical (unpaired) electrons. The third kappa shape index (κ3) is 1.39. The zero-order chi connectivity index (χ0) is 8.77. The summed E-state index contributed by atoms with van der Waals surface area (Å²) in [6.45, 7) is 8.12. The summed E-state index contributed by atoms with van der Waals surface area (Å²) in [6.07, 6.45) is 4.78. The van der Waals surface area contributed by atoms with Gasteiger partial charge in [0.2, 0.25) is 0 Å². The quantitative estimate of drug-likeness (QED) is 0.540. The van der Waals surface area contributed by atoms with Crippen LogP contribution >= 0.6 is 0 Å². The molecule has 1 nitrogen and oxygen atoms in total. The molecule has 0 amide bonds. The van der Waals surface area contributed by atoms with Crippen LogP contribution < -0.4 is 0 Å². The van der Waals surface area contributed by atoms with Gasteiger partial charge in [-0.15, -0.1) is 0 Å². The van der Waals surface area contributed by atoms with Crippen LogP contribution in [0.5, 0.6) is 0 Å². The van der Waals surface area contributed by atoms with Crippen LogP contribution in [0.1, 0.15) is 40.0 Å². The number of hydrogen-bond donors (Lipinski definition) is 0. The molecule has 1 heteroatoms. The molecule has 2 rings (SSSR count). The van der Waals surface area contributed by atoms with Gasteiger partial charge in [0.25, 0.3) is 0 Å². The van der Waals surface area contributed by atoms with Crippen molar-refractivity contribution in [2.45, 2.75) is 46.1 Å². The fraction of sp³-hybridized carbons (Fsp3) is 1.00. The van der Waals surface area contributed by atoms with E-state index in [0.29, 0.717) is 11.5 Å². The van der Waals surface area contributed by atoms with Crippen molar-refractivity contribution >= 4 is 0 Å². The second kappa shape index (κ2) is 2.73. The molecular formula is C11H20O. The summed E-state index contributed by atoms with van der Waals surface area (Å²) >= 11 is 0. The van der Waals surface area contributed by atoms with Crippen molar-refractivity contribution in [1.29, 1.82) is 0 Å². The number of fused-ring (bicyclic) bond motifs is 1. The maximum Gasteiger partial charge on any atom is 0.0628 e. The number of hydrogen-bond acceptors (Lipinski definition) is 1. The molecule has 0 N–H and O–H groups in total. The Labute approximate surface area is 75.5 Å². The minimum atomic E-state index is 0.490. The first-order valence-electron chi connectivity index (χ1n) is 5.19. The summed E-state index contributed by atoms with van der Waals surface area (Å²) in [5.41, 5.74) is 0.490. The van der Waals surface area contributed by atoms with Crippen LogP contribution in [-0.2, 0) is 4.74 Å². The fourth-order valence-electron chi connectivity index (χ4n) is 2.50. The summed E-state index contributed by atoms with van der Waals surface area (Å²) in [4.78, 5) is 0. The summed E-state index contributed by atoms with van der Waals surface area (Å²) < 4.78 is 5.56. The molecule has 3 atom stereocenters. The van der Waals surface area contributed by atoms with Gasteiger partial charge in [0.1, 0.15) is 0 Å². The molecule has 0 spiro atoms. The van der Waals surface area contributed by atoms with Crippen LogP contribution in [0.15, 0.2) is 0 Å². The zero-order valence-corrected chi connectivity index (χ0v) is 8.47. The summed E-state index contributed by atoms with van der Waals surface area (Å²) in [7, 11) is 0. The van der Waals surface area contributed by atoms with Crippen LogP contribution in [0.3, 0.4) is 0 Å². The van der Waals surface area contributed by atoms with E-state index < -0.39 is 0 Å². The van der Waals surface area contributed by atoms with Gasteiger partial charge in [0.15, 0.2) is 0 Å². The lowest BCUT2D eigenvalue weighted by molar-refractivity contribution is -0.153. The first kappa shape index (κ1) is 8.55. The Hall–Kier alpha value is -0.0400. The average molecular weight is 168 g/mol. The van der Waals surface area contributed by atoms with Gasteiger partial charge < -0.3 is 4.74 Å². The topological polar surface area (TPSA) is 9.23 Å². The molecule has 0 aromatic carbocycles. The Bertz CT molecular complexity index is 168. The third-order valence-electron chi connectivity index (χ3n) is 3.68. The molecule has 0 aromatic rings. The molecular weight excluding hydrogens is 148 g/mol. The Morgan fingerprint density at radius 2 is 1.92 bits per heavy atom. The van der Waals surface area contributed by atoms with Crippen molar-refractivity contribution in [3.63, 3.8) is 0 Å². The molecule has 1 aliphatic heterocycles. The average Bonchev–Trinajstić information content (AvgIpc) is 1.89. The summed E-state index contributed by atoms with van der Waals surface area (Å²) in [6, 6.07) is 0. The Morgan fingerprint density at radius 1 is 1.17 bits per heavy atom. The van der Waals surface area contributed by atoms with Crippen molar-refractivity contribution in [2.24, 2.45) is 17.3 Å². The molecule has 2 aliphatic rings. The lowest BCUT2D eigenvalue weighted by Crippen LogP contribution is -2.46. The van der Waals surface area contributed by atoms with E-state index in [1.54, 1.807) is 0 Å². The van der Waals surface area contributed by atoms with Crippen LogP contribution in [0.25, 0.3) is 0 Å². The van der Waals surface area contributed by atoms with E-state index >= 15 is 0 Å². The largest absolute Gasteiger partial charge is 0.377 e. The van der Waals surface area contributed by atoms with E-state index in [-0.39, 0.29) is 0 Å². The van der Waals surface area contributed by atoms with Crippen LogP contribution in [-0.4, -0.2) is 12.7 Å². The van der Waals surface area contributed by atoms with E-state index in [0.717, 1.165) is 18.4 Å². The highest BCUT2D eigenvalue weighted by atomic mass is 16.5. The highest BCUT2D eigenvalue weighted by Crippen LogP contribution is 2.44. The standard InChI is InChI=1S/C11H20O/c1-11(2,3)9-5-4-8-7-12-10(8)6-9/h8-10H,4-7H2,1-3H3. The van der Waals surface area contributed by atoms with Gasteiger partial charge in [0.05, 0.1) is 12.7 Å². The molecule has 70 valence electrons.